The maximum Gasteiger partial charge on any atom is 0.330 e. The van der Waals surface area contributed by atoms with E-state index in [2.05, 4.69) is 22.6 Å². The molecule has 0 saturated carbocycles. The molecule has 0 spiro atoms. The minimum absolute atomic E-state index is 0.0432. The number of carbonyl (C=O) groups excluding carboxylic acids is 2. The lowest BCUT2D eigenvalue weighted by molar-refractivity contribution is -0.161. The number of aliphatic hydroxyl groups is 1. The summed E-state index contributed by atoms with van der Waals surface area (Å²) >= 11 is 2.21. The van der Waals surface area contributed by atoms with Gasteiger partial charge in [-0.1, -0.05) is 85.0 Å². The number of methoxy groups -OCH3 is 1. The van der Waals surface area contributed by atoms with E-state index in [9.17, 15) is 14.7 Å². The number of benzene rings is 2. The van der Waals surface area contributed by atoms with Crippen molar-refractivity contribution in [3.05, 3.63) is 87.5 Å². The average Bonchev–Trinajstić information content (AvgIpc) is 3.05. The van der Waals surface area contributed by atoms with Gasteiger partial charge < -0.3 is 28.8 Å². The lowest BCUT2D eigenvalue weighted by Crippen LogP contribution is -2.35. The van der Waals surface area contributed by atoms with Gasteiger partial charge in [-0.3, -0.25) is 4.79 Å². The molecular weight excluding hydrogens is 687 g/mol. The zero-order valence-electron chi connectivity index (χ0n) is 26.7. The number of halogens is 1. The van der Waals surface area contributed by atoms with Crippen LogP contribution < -0.4 is 4.74 Å². The van der Waals surface area contributed by atoms with E-state index in [4.69, 9.17) is 23.7 Å². The van der Waals surface area contributed by atoms with Gasteiger partial charge in [-0.15, -0.1) is 0 Å². The topological polar surface area (TPSA) is 101 Å². The van der Waals surface area contributed by atoms with Crippen LogP contribution in [0.3, 0.4) is 0 Å². The molecule has 0 amide bonds. The first kappa shape index (κ1) is 36.7. The molecule has 3 rings (SSSR count). The molecule has 0 unspecified atom stereocenters. The molecule has 9 heteroatoms. The summed E-state index contributed by atoms with van der Waals surface area (Å²) in [7, 11) is 1.64. The predicted molar refractivity (Wildman–Crippen MR) is 182 cm³/mol. The Morgan fingerprint density at radius 2 is 1.80 bits per heavy atom. The smallest absolute Gasteiger partial charge is 0.330 e. The van der Waals surface area contributed by atoms with Crippen molar-refractivity contribution in [2.45, 2.75) is 78.0 Å². The highest BCUT2D eigenvalue weighted by Gasteiger charge is 2.31. The first-order valence-electron chi connectivity index (χ1n) is 15.5. The van der Waals surface area contributed by atoms with Gasteiger partial charge >= 0.3 is 11.9 Å². The summed E-state index contributed by atoms with van der Waals surface area (Å²) in [6.07, 6.45) is 4.12. The number of carbonyl (C=O) groups is 2. The van der Waals surface area contributed by atoms with Crippen molar-refractivity contribution in [2.75, 3.05) is 20.3 Å². The number of hydrogen-bond donors (Lipinski definition) is 1. The van der Waals surface area contributed by atoms with Crippen molar-refractivity contribution in [1.29, 1.82) is 0 Å². The van der Waals surface area contributed by atoms with Gasteiger partial charge in [-0.2, -0.15) is 0 Å². The summed E-state index contributed by atoms with van der Waals surface area (Å²) < 4.78 is 31.1. The van der Waals surface area contributed by atoms with Gasteiger partial charge in [-0.05, 0) is 58.6 Å². The van der Waals surface area contributed by atoms with Crippen LogP contribution in [0.15, 0.2) is 76.4 Å². The number of cyclic esters (lactones) is 1. The first-order valence-corrected chi connectivity index (χ1v) is 16.8. The fourth-order valence-corrected chi connectivity index (χ4v) is 5.53. The number of esters is 2. The molecule has 45 heavy (non-hydrogen) atoms. The summed E-state index contributed by atoms with van der Waals surface area (Å²) in [5.74, 6) is -0.116. The molecule has 6 atom stereocenters. The Morgan fingerprint density at radius 1 is 1.09 bits per heavy atom. The van der Waals surface area contributed by atoms with E-state index in [0.717, 1.165) is 22.4 Å². The molecule has 1 heterocycles. The van der Waals surface area contributed by atoms with Gasteiger partial charge in [0, 0.05) is 37.4 Å². The highest BCUT2D eigenvalue weighted by Crippen LogP contribution is 2.29. The molecule has 2 aromatic rings. The van der Waals surface area contributed by atoms with E-state index in [1.54, 1.807) is 13.2 Å². The van der Waals surface area contributed by atoms with Crippen LogP contribution >= 0.6 is 22.6 Å². The molecule has 1 aliphatic rings. The number of allylic oxidation sites excluding steroid dienone is 1. The van der Waals surface area contributed by atoms with E-state index in [-0.39, 0.29) is 42.5 Å². The Morgan fingerprint density at radius 3 is 2.47 bits per heavy atom. The summed E-state index contributed by atoms with van der Waals surface area (Å²) in [5, 5.41) is 9.48. The van der Waals surface area contributed by atoms with Gasteiger partial charge in [0.25, 0.3) is 0 Å². The third-order valence-electron chi connectivity index (χ3n) is 8.08. The molecule has 0 bridgehead atoms. The van der Waals surface area contributed by atoms with Crippen LogP contribution in [0.2, 0.25) is 0 Å². The maximum atomic E-state index is 13.1. The largest absolute Gasteiger partial charge is 0.497 e. The number of aliphatic hydroxyl groups excluding tert-OH is 1. The lowest BCUT2D eigenvalue weighted by atomic mass is 9.87. The fourth-order valence-electron chi connectivity index (χ4n) is 5.13. The Bertz CT molecular complexity index is 1230. The van der Waals surface area contributed by atoms with Gasteiger partial charge in [0.05, 0.1) is 33.0 Å². The van der Waals surface area contributed by atoms with Crippen LogP contribution in [0.25, 0.3) is 0 Å². The van der Waals surface area contributed by atoms with Crippen molar-refractivity contribution in [1.82, 2.24) is 0 Å². The third-order valence-corrected chi connectivity index (χ3v) is 9.06. The second-order valence-electron chi connectivity index (χ2n) is 11.8. The van der Waals surface area contributed by atoms with Crippen LogP contribution in [-0.4, -0.2) is 55.7 Å². The molecule has 1 fully saturated rings. The van der Waals surface area contributed by atoms with Crippen molar-refractivity contribution < 1.29 is 38.4 Å². The third kappa shape index (κ3) is 12.9. The molecule has 2 aromatic carbocycles. The van der Waals surface area contributed by atoms with Crippen LogP contribution in [-0.2, 0) is 41.8 Å². The standard InChI is InChI=1S/C36H47IO8/c1-25(20-37)32(43-24-29-13-15-31(41-4)16-14-29)19-34(27(3)22-42-23-28-9-6-5-7-10-28)44-35(39)12-8-11-30-17-33(26(2)21-38)45-36(40)18-30/h5-10,12-16,20,26-27,30,32-34,38H,11,17-19,21-24H2,1-4H3/b12-8+,25-20+/t26-,27-,30-,32+,33-,34+/m1/s1. The second-order valence-corrected chi connectivity index (χ2v) is 12.4. The molecule has 0 aromatic heterocycles. The average molecular weight is 735 g/mol. The van der Waals surface area contributed by atoms with Gasteiger partial charge in [-0.25, -0.2) is 4.79 Å². The quantitative estimate of drug-likeness (QED) is 0.0997. The maximum absolute atomic E-state index is 13.1. The van der Waals surface area contributed by atoms with E-state index in [1.165, 1.54) is 6.08 Å². The van der Waals surface area contributed by atoms with Crippen molar-refractivity contribution in [3.63, 3.8) is 0 Å². The molecule has 1 N–H and O–H groups in total. The van der Waals surface area contributed by atoms with Crippen molar-refractivity contribution >= 4 is 34.5 Å². The number of hydrogen-bond acceptors (Lipinski definition) is 8. The van der Waals surface area contributed by atoms with E-state index >= 15 is 0 Å². The number of ether oxygens (including phenoxy) is 5. The molecule has 1 saturated heterocycles. The zero-order chi connectivity index (χ0) is 32.6. The minimum atomic E-state index is -0.468. The lowest BCUT2D eigenvalue weighted by Gasteiger charge is -2.31. The highest BCUT2D eigenvalue weighted by atomic mass is 127. The van der Waals surface area contributed by atoms with Gasteiger partial charge in [0.1, 0.15) is 18.0 Å². The monoisotopic (exact) mass is 734 g/mol. The zero-order valence-corrected chi connectivity index (χ0v) is 28.9. The molecule has 8 nitrogen and oxygen atoms in total. The molecule has 1 aliphatic heterocycles. The van der Waals surface area contributed by atoms with E-state index < -0.39 is 12.1 Å². The molecule has 0 radical (unpaired) electrons. The van der Waals surface area contributed by atoms with Crippen LogP contribution in [0, 0.1) is 17.8 Å². The minimum Gasteiger partial charge on any atom is -0.497 e. The van der Waals surface area contributed by atoms with Crippen molar-refractivity contribution in [2.24, 2.45) is 17.8 Å². The Balaban J connectivity index is 1.66. The van der Waals surface area contributed by atoms with E-state index in [0.29, 0.717) is 45.5 Å². The Labute approximate surface area is 281 Å². The van der Waals surface area contributed by atoms with Crippen LogP contribution in [0.1, 0.15) is 57.6 Å². The molecule has 0 aliphatic carbocycles. The van der Waals surface area contributed by atoms with E-state index in [1.807, 2.05) is 79.5 Å². The van der Waals surface area contributed by atoms with Gasteiger partial charge in [0.2, 0.25) is 0 Å². The summed E-state index contributed by atoms with van der Waals surface area (Å²) in [6, 6.07) is 17.7. The number of rotatable bonds is 18. The Hall–Kier alpha value is -2.73. The normalized spacial score (nSPS) is 19.9. The second kappa shape index (κ2) is 19.7. The van der Waals surface area contributed by atoms with Crippen molar-refractivity contribution in [3.8, 4) is 5.75 Å². The summed E-state index contributed by atoms with van der Waals surface area (Å²) in [6.45, 7) is 7.13. The first-order chi connectivity index (χ1) is 21.7. The van der Waals surface area contributed by atoms with Crippen LogP contribution in [0.4, 0.5) is 0 Å². The fraction of sp³-hybridized carbons (Fsp3) is 0.500. The Kier molecular flexibility index (Phi) is 16.1. The SMILES string of the molecule is COc1ccc(CO[C@@H](C[C@H](OC(=O)/C=C/C[C@H]2CC(=O)O[C@@H]([C@H](C)CO)C2)[C@H](C)COCc2ccccc2)/C(C)=C/I)cc1. The summed E-state index contributed by atoms with van der Waals surface area (Å²) in [5.41, 5.74) is 3.13. The van der Waals surface area contributed by atoms with Crippen LogP contribution in [0.5, 0.6) is 5.75 Å². The molecule has 246 valence electrons. The molecular formula is C36H47IO8. The summed E-state index contributed by atoms with van der Waals surface area (Å²) in [4.78, 5) is 25.2. The van der Waals surface area contributed by atoms with Gasteiger partial charge in [0.15, 0.2) is 0 Å². The highest BCUT2D eigenvalue weighted by molar-refractivity contribution is 14.1. The predicted octanol–water partition coefficient (Wildman–Crippen LogP) is 6.97.